The predicted octanol–water partition coefficient (Wildman–Crippen LogP) is 4.60. The van der Waals surface area contributed by atoms with Gasteiger partial charge in [0.2, 0.25) is 0 Å². The maximum Gasteiger partial charge on any atom is 0.0456 e. The number of hydrogen-bond donors (Lipinski definition) is 1. The zero-order valence-electron chi connectivity index (χ0n) is 12.8. The molecule has 2 aromatic carbocycles. The molecule has 0 radical (unpaired) electrons. The standard InChI is InChI=1S/C19H22N2/c1-3-21(4-2)17-11-9-15(10-12-17)13-16-14-20-19-8-6-5-7-18(16)19/h5-12,14,20H,3-4,13H2,1-2H3. The highest BCUT2D eigenvalue weighted by atomic mass is 15.1. The second-order valence-electron chi connectivity index (χ2n) is 5.38. The lowest BCUT2D eigenvalue weighted by molar-refractivity contribution is 0.866. The van der Waals surface area contributed by atoms with Gasteiger partial charge in [0.05, 0.1) is 0 Å². The lowest BCUT2D eigenvalue weighted by atomic mass is 10.0. The van der Waals surface area contributed by atoms with Crippen LogP contribution in [0.5, 0.6) is 0 Å². The van der Waals surface area contributed by atoms with E-state index in [-0.39, 0.29) is 0 Å². The molecule has 0 saturated heterocycles. The van der Waals surface area contributed by atoms with E-state index in [0.29, 0.717) is 0 Å². The van der Waals surface area contributed by atoms with Crippen molar-refractivity contribution >= 4 is 16.6 Å². The molecule has 0 spiro atoms. The van der Waals surface area contributed by atoms with E-state index in [1.165, 1.54) is 27.7 Å². The van der Waals surface area contributed by atoms with Gasteiger partial charge < -0.3 is 9.88 Å². The molecule has 1 N–H and O–H groups in total. The van der Waals surface area contributed by atoms with Crippen molar-refractivity contribution in [2.24, 2.45) is 0 Å². The first kappa shape index (κ1) is 13.7. The van der Waals surface area contributed by atoms with Gasteiger partial charge in [0.1, 0.15) is 0 Å². The van der Waals surface area contributed by atoms with Crippen molar-refractivity contribution in [2.75, 3.05) is 18.0 Å². The van der Waals surface area contributed by atoms with Crippen LogP contribution in [0.4, 0.5) is 5.69 Å². The molecule has 0 aliphatic heterocycles. The molecule has 0 aliphatic carbocycles. The monoisotopic (exact) mass is 278 g/mol. The van der Waals surface area contributed by atoms with Crippen LogP contribution in [0.1, 0.15) is 25.0 Å². The molecule has 0 amide bonds. The number of nitrogens with one attached hydrogen (secondary N) is 1. The van der Waals surface area contributed by atoms with Crippen LogP contribution < -0.4 is 4.90 Å². The van der Waals surface area contributed by atoms with Crippen LogP contribution in [0.3, 0.4) is 0 Å². The van der Waals surface area contributed by atoms with Crippen LogP contribution in [0, 0.1) is 0 Å². The fourth-order valence-corrected chi connectivity index (χ4v) is 2.91. The van der Waals surface area contributed by atoms with E-state index < -0.39 is 0 Å². The lowest BCUT2D eigenvalue weighted by Crippen LogP contribution is -2.21. The highest BCUT2D eigenvalue weighted by Crippen LogP contribution is 2.22. The van der Waals surface area contributed by atoms with Gasteiger partial charge in [-0.25, -0.2) is 0 Å². The molecule has 0 aliphatic rings. The molecule has 3 aromatic rings. The van der Waals surface area contributed by atoms with E-state index >= 15 is 0 Å². The van der Waals surface area contributed by atoms with Crippen molar-refractivity contribution in [3.8, 4) is 0 Å². The number of hydrogen-bond acceptors (Lipinski definition) is 1. The largest absolute Gasteiger partial charge is 0.372 e. The molecular weight excluding hydrogens is 256 g/mol. The van der Waals surface area contributed by atoms with E-state index in [0.717, 1.165) is 19.5 Å². The van der Waals surface area contributed by atoms with Crippen molar-refractivity contribution in [1.82, 2.24) is 4.98 Å². The number of aromatic nitrogens is 1. The number of nitrogens with zero attached hydrogens (tertiary/aromatic N) is 1. The Labute approximate surface area is 126 Å². The molecule has 0 atom stereocenters. The van der Waals surface area contributed by atoms with Gasteiger partial charge in [0, 0.05) is 35.9 Å². The van der Waals surface area contributed by atoms with E-state index in [1.54, 1.807) is 0 Å². The summed E-state index contributed by atoms with van der Waals surface area (Å²) in [7, 11) is 0. The highest BCUT2D eigenvalue weighted by Gasteiger charge is 2.05. The Balaban J connectivity index is 1.82. The fraction of sp³-hybridized carbons (Fsp3) is 0.263. The van der Waals surface area contributed by atoms with Gasteiger partial charge in [-0.15, -0.1) is 0 Å². The molecule has 1 aromatic heterocycles. The summed E-state index contributed by atoms with van der Waals surface area (Å²) >= 11 is 0. The Morgan fingerprint density at radius 1 is 0.905 bits per heavy atom. The topological polar surface area (TPSA) is 19.0 Å². The molecule has 0 unspecified atom stereocenters. The van der Waals surface area contributed by atoms with E-state index in [4.69, 9.17) is 0 Å². The van der Waals surface area contributed by atoms with Crippen molar-refractivity contribution in [2.45, 2.75) is 20.3 Å². The first-order valence-electron chi connectivity index (χ1n) is 7.70. The van der Waals surface area contributed by atoms with Crippen molar-refractivity contribution in [1.29, 1.82) is 0 Å². The molecule has 1 heterocycles. The van der Waals surface area contributed by atoms with E-state index in [9.17, 15) is 0 Å². The number of fused-ring (bicyclic) bond motifs is 1. The SMILES string of the molecule is CCN(CC)c1ccc(Cc2c[nH]c3ccccc23)cc1. The Bertz CT molecular complexity index is 706. The minimum atomic E-state index is 0.975. The van der Waals surface area contributed by atoms with Gasteiger partial charge in [0.25, 0.3) is 0 Å². The summed E-state index contributed by atoms with van der Waals surface area (Å²) in [5, 5.41) is 1.32. The average Bonchev–Trinajstić information content (AvgIpc) is 2.93. The van der Waals surface area contributed by atoms with Crippen LogP contribution in [0.15, 0.2) is 54.7 Å². The van der Waals surface area contributed by atoms with Crippen LogP contribution in [-0.2, 0) is 6.42 Å². The minimum absolute atomic E-state index is 0.975. The predicted molar refractivity (Wildman–Crippen MR) is 91.1 cm³/mol. The fourth-order valence-electron chi connectivity index (χ4n) is 2.91. The quantitative estimate of drug-likeness (QED) is 0.722. The van der Waals surface area contributed by atoms with Crippen LogP contribution >= 0.6 is 0 Å². The molecule has 0 saturated carbocycles. The zero-order valence-corrected chi connectivity index (χ0v) is 12.8. The average molecular weight is 278 g/mol. The number of benzene rings is 2. The van der Waals surface area contributed by atoms with E-state index in [2.05, 4.69) is 78.5 Å². The summed E-state index contributed by atoms with van der Waals surface area (Å²) in [6.07, 6.45) is 3.10. The Hall–Kier alpha value is -2.22. The highest BCUT2D eigenvalue weighted by molar-refractivity contribution is 5.83. The molecular formula is C19H22N2. The number of rotatable bonds is 5. The number of H-pyrrole nitrogens is 1. The maximum absolute atomic E-state index is 3.35. The van der Waals surface area contributed by atoms with Crippen LogP contribution in [0.2, 0.25) is 0 Å². The third kappa shape index (κ3) is 2.80. The van der Waals surface area contributed by atoms with Gasteiger partial charge in [-0.3, -0.25) is 0 Å². The molecule has 108 valence electrons. The summed E-state index contributed by atoms with van der Waals surface area (Å²) in [4.78, 5) is 5.72. The van der Waals surface area contributed by atoms with Crippen molar-refractivity contribution < 1.29 is 0 Å². The van der Waals surface area contributed by atoms with Crippen LogP contribution in [0.25, 0.3) is 10.9 Å². The first-order chi connectivity index (χ1) is 10.3. The van der Waals surface area contributed by atoms with Crippen molar-refractivity contribution in [3.05, 3.63) is 65.9 Å². The summed E-state index contributed by atoms with van der Waals surface area (Å²) in [6.45, 7) is 6.50. The Kier molecular flexibility index (Phi) is 3.96. The third-order valence-corrected chi connectivity index (χ3v) is 4.13. The summed E-state index contributed by atoms with van der Waals surface area (Å²) in [5.41, 5.74) is 5.24. The molecule has 0 fully saturated rings. The van der Waals surface area contributed by atoms with Crippen LogP contribution in [-0.4, -0.2) is 18.1 Å². The van der Waals surface area contributed by atoms with Gasteiger partial charge >= 0.3 is 0 Å². The lowest BCUT2D eigenvalue weighted by Gasteiger charge is -2.21. The van der Waals surface area contributed by atoms with Gasteiger partial charge in [-0.2, -0.15) is 0 Å². The molecule has 0 bridgehead atoms. The molecule has 2 heteroatoms. The van der Waals surface area contributed by atoms with Gasteiger partial charge in [0.15, 0.2) is 0 Å². The second kappa shape index (κ2) is 6.04. The molecule has 2 nitrogen and oxygen atoms in total. The molecule has 21 heavy (non-hydrogen) atoms. The smallest absolute Gasteiger partial charge is 0.0456 e. The minimum Gasteiger partial charge on any atom is -0.372 e. The normalized spacial score (nSPS) is 11.0. The second-order valence-corrected chi connectivity index (χ2v) is 5.38. The third-order valence-electron chi connectivity index (χ3n) is 4.13. The molecule has 3 rings (SSSR count). The van der Waals surface area contributed by atoms with Gasteiger partial charge in [-0.05, 0) is 49.6 Å². The zero-order chi connectivity index (χ0) is 14.7. The van der Waals surface area contributed by atoms with Crippen molar-refractivity contribution in [3.63, 3.8) is 0 Å². The first-order valence-corrected chi connectivity index (χ1v) is 7.70. The Morgan fingerprint density at radius 3 is 2.33 bits per heavy atom. The summed E-state index contributed by atoms with van der Waals surface area (Å²) in [5.74, 6) is 0. The maximum atomic E-state index is 3.35. The Morgan fingerprint density at radius 2 is 1.62 bits per heavy atom. The summed E-state index contributed by atoms with van der Waals surface area (Å²) in [6, 6.07) is 17.4. The number of aromatic amines is 1. The van der Waals surface area contributed by atoms with E-state index in [1.807, 2.05) is 0 Å². The number of para-hydroxylation sites is 1. The van der Waals surface area contributed by atoms with Gasteiger partial charge in [-0.1, -0.05) is 30.3 Å². The summed E-state index contributed by atoms with van der Waals surface area (Å²) < 4.78 is 0. The number of anilines is 1.